The molecule has 0 heterocycles. The van der Waals surface area contributed by atoms with E-state index in [-0.39, 0.29) is 11.8 Å². The average Bonchev–Trinajstić information content (AvgIpc) is 2.47. The zero-order valence-corrected chi connectivity index (χ0v) is 12.8. The van der Waals surface area contributed by atoms with Gasteiger partial charge in [0.2, 0.25) is 11.8 Å². The molecule has 0 aliphatic carbocycles. The number of hydrogen-bond acceptors (Lipinski definition) is 3. The molecular formula is C16H24N2O3. The Morgan fingerprint density at radius 3 is 2.52 bits per heavy atom. The fourth-order valence-corrected chi connectivity index (χ4v) is 1.89. The van der Waals surface area contributed by atoms with Crippen LogP contribution in [0.2, 0.25) is 0 Å². The van der Waals surface area contributed by atoms with Gasteiger partial charge in [0.15, 0.2) is 0 Å². The Morgan fingerprint density at radius 2 is 1.90 bits per heavy atom. The molecule has 0 aliphatic rings. The van der Waals surface area contributed by atoms with Crippen LogP contribution in [-0.2, 0) is 9.59 Å². The molecule has 21 heavy (non-hydrogen) atoms. The minimum Gasteiger partial charge on any atom is -0.493 e. The minimum atomic E-state index is -0.0640. The third kappa shape index (κ3) is 7.34. The number of hydrogen-bond donors (Lipinski definition) is 1. The Morgan fingerprint density at radius 1 is 1.19 bits per heavy atom. The van der Waals surface area contributed by atoms with Crippen molar-refractivity contribution in [3.05, 3.63) is 30.3 Å². The van der Waals surface area contributed by atoms with Crippen molar-refractivity contribution < 1.29 is 14.3 Å². The summed E-state index contributed by atoms with van der Waals surface area (Å²) >= 11 is 0. The van der Waals surface area contributed by atoms with Gasteiger partial charge in [0, 0.05) is 26.6 Å². The summed E-state index contributed by atoms with van der Waals surface area (Å²) in [5.74, 6) is 0.737. The van der Waals surface area contributed by atoms with Gasteiger partial charge >= 0.3 is 0 Å². The van der Waals surface area contributed by atoms with Crippen molar-refractivity contribution in [3.8, 4) is 5.75 Å². The topological polar surface area (TPSA) is 58.6 Å². The van der Waals surface area contributed by atoms with E-state index in [0.717, 1.165) is 18.7 Å². The predicted molar refractivity (Wildman–Crippen MR) is 82.1 cm³/mol. The van der Waals surface area contributed by atoms with Crippen molar-refractivity contribution in [2.24, 2.45) is 0 Å². The lowest BCUT2D eigenvalue weighted by Crippen LogP contribution is -2.38. The molecule has 0 fully saturated rings. The van der Waals surface area contributed by atoms with Gasteiger partial charge in [-0.05, 0) is 18.6 Å². The number of benzene rings is 1. The van der Waals surface area contributed by atoms with Crippen molar-refractivity contribution >= 4 is 11.8 Å². The minimum absolute atomic E-state index is 0.0403. The largest absolute Gasteiger partial charge is 0.493 e. The zero-order valence-electron chi connectivity index (χ0n) is 12.8. The Hall–Kier alpha value is -2.04. The summed E-state index contributed by atoms with van der Waals surface area (Å²) in [6, 6.07) is 9.40. The van der Waals surface area contributed by atoms with E-state index >= 15 is 0 Å². The van der Waals surface area contributed by atoms with Crippen molar-refractivity contribution in [2.45, 2.75) is 26.7 Å². The number of ether oxygens (including phenoxy) is 1. The van der Waals surface area contributed by atoms with Gasteiger partial charge in [-0.15, -0.1) is 0 Å². The highest BCUT2D eigenvalue weighted by Crippen LogP contribution is 2.08. The van der Waals surface area contributed by atoms with Gasteiger partial charge in [-0.1, -0.05) is 25.1 Å². The van der Waals surface area contributed by atoms with Gasteiger partial charge in [0.25, 0.3) is 0 Å². The summed E-state index contributed by atoms with van der Waals surface area (Å²) in [6.45, 7) is 5.67. The Kier molecular flexibility index (Phi) is 7.94. The number of para-hydroxylation sites is 1. The Bertz CT molecular complexity index is 434. The van der Waals surface area contributed by atoms with E-state index in [0.29, 0.717) is 26.1 Å². The monoisotopic (exact) mass is 292 g/mol. The van der Waals surface area contributed by atoms with E-state index < -0.39 is 0 Å². The lowest BCUT2D eigenvalue weighted by Gasteiger charge is -2.20. The molecule has 1 aromatic rings. The van der Waals surface area contributed by atoms with Gasteiger partial charge < -0.3 is 15.0 Å². The second-order valence-corrected chi connectivity index (χ2v) is 4.77. The van der Waals surface area contributed by atoms with Crippen LogP contribution < -0.4 is 10.1 Å². The van der Waals surface area contributed by atoms with Gasteiger partial charge in [0.1, 0.15) is 5.75 Å². The first-order valence-corrected chi connectivity index (χ1v) is 7.33. The van der Waals surface area contributed by atoms with Crippen LogP contribution in [0.15, 0.2) is 30.3 Å². The van der Waals surface area contributed by atoms with Crippen LogP contribution in [0.1, 0.15) is 26.7 Å². The number of rotatable bonds is 9. The number of carbonyl (C=O) groups excluding carboxylic acids is 2. The molecule has 0 bridgehead atoms. The summed E-state index contributed by atoms with van der Waals surface area (Å²) in [6.07, 6.45) is 1.22. The second kappa shape index (κ2) is 9.80. The first-order valence-electron chi connectivity index (χ1n) is 7.33. The normalized spacial score (nSPS) is 10.0. The lowest BCUT2D eigenvalue weighted by atomic mass is 10.3. The highest BCUT2D eigenvalue weighted by atomic mass is 16.5. The number of amides is 2. The lowest BCUT2D eigenvalue weighted by molar-refractivity contribution is -0.129. The van der Waals surface area contributed by atoms with E-state index in [1.54, 1.807) is 11.8 Å². The fourth-order valence-electron chi connectivity index (χ4n) is 1.89. The maximum absolute atomic E-state index is 11.6. The molecule has 0 aromatic heterocycles. The van der Waals surface area contributed by atoms with Crippen LogP contribution in [0.25, 0.3) is 0 Å². The molecule has 5 heteroatoms. The standard InChI is InChI=1S/C16H24N2O3/c1-3-11-18(14(2)19)12-10-17-16(20)9-13-21-15-7-5-4-6-8-15/h4-8H,3,9-13H2,1-2H3,(H,17,20). The molecule has 0 saturated heterocycles. The molecule has 0 radical (unpaired) electrons. The van der Waals surface area contributed by atoms with Crippen molar-refractivity contribution in [3.63, 3.8) is 0 Å². The molecule has 1 rings (SSSR count). The van der Waals surface area contributed by atoms with E-state index in [4.69, 9.17) is 4.74 Å². The van der Waals surface area contributed by atoms with Gasteiger partial charge in [0.05, 0.1) is 13.0 Å². The quantitative estimate of drug-likeness (QED) is 0.755. The van der Waals surface area contributed by atoms with Gasteiger partial charge in [-0.3, -0.25) is 9.59 Å². The van der Waals surface area contributed by atoms with E-state index in [2.05, 4.69) is 5.32 Å². The molecule has 0 unspecified atom stereocenters. The smallest absolute Gasteiger partial charge is 0.223 e. The molecule has 5 nitrogen and oxygen atoms in total. The van der Waals surface area contributed by atoms with Crippen LogP contribution in [0.4, 0.5) is 0 Å². The molecule has 0 spiro atoms. The van der Waals surface area contributed by atoms with Crippen LogP contribution in [-0.4, -0.2) is 43.0 Å². The van der Waals surface area contributed by atoms with Crippen LogP contribution >= 0.6 is 0 Å². The summed E-state index contributed by atoms with van der Waals surface area (Å²) in [5, 5.41) is 2.80. The maximum Gasteiger partial charge on any atom is 0.223 e. The Balaban J connectivity index is 2.15. The predicted octanol–water partition coefficient (Wildman–Crippen LogP) is 1.83. The van der Waals surface area contributed by atoms with Crippen LogP contribution in [0, 0.1) is 0 Å². The highest BCUT2D eigenvalue weighted by Gasteiger charge is 2.07. The highest BCUT2D eigenvalue weighted by molar-refractivity contribution is 5.76. The molecular weight excluding hydrogens is 268 g/mol. The maximum atomic E-state index is 11.6. The number of nitrogens with zero attached hydrogens (tertiary/aromatic N) is 1. The molecule has 116 valence electrons. The van der Waals surface area contributed by atoms with Gasteiger partial charge in [-0.25, -0.2) is 0 Å². The zero-order chi connectivity index (χ0) is 15.5. The van der Waals surface area contributed by atoms with Crippen LogP contribution in [0.5, 0.6) is 5.75 Å². The molecule has 0 aliphatic heterocycles. The van der Waals surface area contributed by atoms with Gasteiger partial charge in [-0.2, -0.15) is 0 Å². The van der Waals surface area contributed by atoms with Crippen molar-refractivity contribution in [1.82, 2.24) is 10.2 Å². The first-order chi connectivity index (χ1) is 10.1. The summed E-state index contributed by atoms with van der Waals surface area (Å²) in [7, 11) is 0. The Labute approximate surface area is 126 Å². The van der Waals surface area contributed by atoms with E-state index in [9.17, 15) is 9.59 Å². The summed E-state index contributed by atoms with van der Waals surface area (Å²) < 4.78 is 5.46. The molecule has 2 amide bonds. The first kappa shape index (κ1) is 17.0. The summed E-state index contributed by atoms with van der Waals surface area (Å²) in [5.41, 5.74) is 0. The third-order valence-corrected chi connectivity index (χ3v) is 2.98. The SMILES string of the molecule is CCCN(CCNC(=O)CCOc1ccccc1)C(C)=O. The van der Waals surface area contributed by atoms with Crippen molar-refractivity contribution in [2.75, 3.05) is 26.2 Å². The van der Waals surface area contributed by atoms with Crippen molar-refractivity contribution in [1.29, 1.82) is 0 Å². The number of nitrogens with one attached hydrogen (secondary N) is 1. The molecule has 0 saturated carbocycles. The molecule has 1 N–H and O–H groups in total. The van der Waals surface area contributed by atoms with E-state index in [1.165, 1.54) is 0 Å². The molecule has 1 aromatic carbocycles. The number of carbonyl (C=O) groups is 2. The molecule has 0 atom stereocenters. The third-order valence-electron chi connectivity index (χ3n) is 2.98. The average molecular weight is 292 g/mol. The fraction of sp³-hybridized carbons (Fsp3) is 0.500. The summed E-state index contributed by atoms with van der Waals surface area (Å²) in [4.78, 5) is 24.7. The second-order valence-electron chi connectivity index (χ2n) is 4.77. The van der Waals surface area contributed by atoms with E-state index in [1.807, 2.05) is 37.3 Å². The van der Waals surface area contributed by atoms with Crippen LogP contribution in [0.3, 0.4) is 0 Å².